The summed E-state index contributed by atoms with van der Waals surface area (Å²) in [7, 11) is -3.36. The van der Waals surface area contributed by atoms with Crippen LogP contribution in [0.25, 0.3) is 0 Å². The van der Waals surface area contributed by atoms with Gasteiger partial charge in [0.25, 0.3) is 5.56 Å². The summed E-state index contributed by atoms with van der Waals surface area (Å²) in [6.45, 7) is 4.07. The predicted octanol–water partition coefficient (Wildman–Crippen LogP) is 3.97. The van der Waals surface area contributed by atoms with E-state index in [1.165, 1.54) is 6.07 Å². The summed E-state index contributed by atoms with van der Waals surface area (Å²) < 4.78 is 48.9. The molecule has 8 heteroatoms. The number of pyridine rings is 1. The number of nitrogens with one attached hydrogen (secondary N) is 1. The minimum Gasteiger partial charge on any atom is -0.376 e. The van der Waals surface area contributed by atoms with Gasteiger partial charge in [-0.1, -0.05) is 12.1 Å². The zero-order chi connectivity index (χ0) is 23.6. The van der Waals surface area contributed by atoms with Crippen LogP contribution in [0.4, 0.5) is 4.39 Å². The van der Waals surface area contributed by atoms with Crippen molar-refractivity contribution in [3.8, 4) is 0 Å². The van der Waals surface area contributed by atoms with Crippen LogP contribution in [0, 0.1) is 19.7 Å². The lowest BCUT2D eigenvalue weighted by molar-refractivity contribution is 0.00730. The molecule has 0 amide bonds. The standard InChI is InChI=1S/C25H33FN2O4S/c1-17-12-18(2)25(29)28(15-17)22(14-27-33(30,31)24-10-11-24)16-32-23-8-6-19(7-9-23)20-4-3-5-21(26)13-20/h3-5,12-13,15,19,22-24,27H,6-11,14,16H2,1-2H3/t19?,22-,23?/m0/s1. The third kappa shape index (κ3) is 6.11. The van der Waals surface area contributed by atoms with E-state index in [1.807, 2.05) is 19.1 Å². The Morgan fingerprint density at radius 1 is 1.12 bits per heavy atom. The molecule has 2 fully saturated rings. The lowest BCUT2D eigenvalue weighted by atomic mass is 9.83. The second-order valence-corrected chi connectivity index (χ2v) is 11.6. The number of aromatic nitrogens is 1. The highest BCUT2D eigenvalue weighted by molar-refractivity contribution is 7.90. The van der Waals surface area contributed by atoms with Crippen molar-refractivity contribution in [1.29, 1.82) is 0 Å². The smallest absolute Gasteiger partial charge is 0.253 e. The van der Waals surface area contributed by atoms with Crippen molar-refractivity contribution in [3.05, 3.63) is 69.4 Å². The Kier molecular flexibility index (Phi) is 7.36. The van der Waals surface area contributed by atoms with E-state index in [-0.39, 0.29) is 35.9 Å². The monoisotopic (exact) mass is 476 g/mol. The lowest BCUT2D eigenvalue weighted by Crippen LogP contribution is -2.39. The maximum absolute atomic E-state index is 13.6. The molecule has 1 atom stereocenters. The average molecular weight is 477 g/mol. The summed E-state index contributed by atoms with van der Waals surface area (Å²) in [5, 5.41) is -0.312. The fourth-order valence-electron chi connectivity index (χ4n) is 4.71. The Bertz CT molecular complexity index is 1140. The van der Waals surface area contributed by atoms with E-state index in [1.54, 1.807) is 29.8 Å². The molecular weight excluding hydrogens is 443 g/mol. The first-order valence-corrected chi connectivity index (χ1v) is 13.3. The first-order valence-electron chi connectivity index (χ1n) is 11.8. The number of rotatable bonds is 9. The Morgan fingerprint density at radius 3 is 2.52 bits per heavy atom. The van der Waals surface area contributed by atoms with E-state index in [9.17, 15) is 17.6 Å². The number of sulfonamides is 1. The predicted molar refractivity (Wildman–Crippen MR) is 127 cm³/mol. The van der Waals surface area contributed by atoms with Crippen molar-refractivity contribution in [2.45, 2.75) is 75.7 Å². The van der Waals surface area contributed by atoms with Gasteiger partial charge in [0.05, 0.1) is 24.0 Å². The van der Waals surface area contributed by atoms with E-state index < -0.39 is 16.1 Å². The number of hydrogen-bond acceptors (Lipinski definition) is 4. The molecule has 180 valence electrons. The summed E-state index contributed by atoms with van der Waals surface area (Å²) in [5.41, 5.74) is 2.47. The van der Waals surface area contributed by atoms with Crippen LogP contribution in [-0.4, -0.2) is 37.5 Å². The Morgan fingerprint density at radius 2 is 1.85 bits per heavy atom. The molecule has 0 unspecified atom stereocenters. The maximum Gasteiger partial charge on any atom is 0.253 e. The molecule has 0 aliphatic heterocycles. The highest BCUT2D eigenvalue weighted by Crippen LogP contribution is 2.34. The van der Waals surface area contributed by atoms with Gasteiger partial charge in [0.1, 0.15) is 5.82 Å². The van der Waals surface area contributed by atoms with Crippen LogP contribution >= 0.6 is 0 Å². The third-order valence-electron chi connectivity index (χ3n) is 6.75. The van der Waals surface area contributed by atoms with Gasteiger partial charge >= 0.3 is 0 Å². The molecule has 1 aromatic carbocycles. The van der Waals surface area contributed by atoms with Crippen molar-refractivity contribution < 1.29 is 17.5 Å². The van der Waals surface area contributed by atoms with E-state index in [4.69, 9.17) is 4.74 Å². The fraction of sp³-hybridized carbons (Fsp3) is 0.560. The molecule has 0 saturated heterocycles. The maximum atomic E-state index is 13.6. The van der Waals surface area contributed by atoms with Gasteiger partial charge in [-0.15, -0.1) is 0 Å². The molecular formula is C25H33FN2O4S. The molecule has 0 radical (unpaired) electrons. The number of nitrogens with zero attached hydrogens (tertiary/aromatic N) is 1. The average Bonchev–Trinajstić information content (AvgIpc) is 3.63. The summed E-state index contributed by atoms with van der Waals surface area (Å²) >= 11 is 0. The van der Waals surface area contributed by atoms with E-state index in [2.05, 4.69) is 4.72 Å². The van der Waals surface area contributed by atoms with Gasteiger partial charge in [-0.3, -0.25) is 4.79 Å². The molecule has 1 aromatic heterocycles. The number of halogens is 1. The second kappa shape index (κ2) is 10.1. The molecule has 1 heterocycles. The van der Waals surface area contributed by atoms with Crippen LogP contribution in [0.3, 0.4) is 0 Å². The van der Waals surface area contributed by atoms with Crippen LogP contribution in [0.5, 0.6) is 0 Å². The fourth-order valence-corrected chi connectivity index (χ4v) is 6.13. The first kappa shape index (κ1) is 24.1. The molecule has 33 heavy (non-hydrogen) atoms. The first-order chi connectivity index (χ1) is 15.7. The molecule has 0 bridgehead atoms. The zero-order valence-electron chi connectivity index (χ0n) is 19.3. The van der Waals surface area contributed by atoms with Crippen LogP contribution in [0.1, 0.15) is 67.2 Å². The van der Waals surface area contributed by atoms with Gasteiger partial charge in [0.2, 0.25) is 10.0 Å². The zero-order valence-corrected chi connectivity index (χ0v) is 20.1. The largest absolute Gasteiger partial charge is 0.376 e. The van der Waals surface area contributed by atoms with Crippen molar-refractivity contribution in [1.82, 2.24) is 9.29 Å². The molecule has 4 rings (SSSR count). The summed E-state index contributed by atoms with van der Waals surface area (Å²) in [6.07, 6.45) is 6.72. The molecule has 2 aliphatic rings. The number of hydrogen-bond donors (Lipinski definition) is 1. The van der Waals surface area contributed by atoms with E-state index in [0.717, 1.165) is 36.8 Å². The molecule has 0 spiro atoms. The summed E-state index contributed by atoms with van der Waals surface area (Å²) in [4.78, 5) is 12.8. The highest BCUT2D eigenvalue weighted by Gasteiger charge is 2.36. The summed E-state index contributed by atoms with van der Waals surface area (Å²) in [5.74, 6) is 0.116. The van der Waals surface area contributed by atoms with E-state index in [0.29, 0.717) is 24.3 Å². The lowest BCUT2D eigenvalue weighted by Gasteiger charge is -2.30. The molecule has 6 nitrogen and oxygen atoms in total. The normalized spacial score (nSPS) is 22.3. The van der Waals surface area contributed by atoms with Crippen molar-refractivity contribution in [2.75, 3.05) is 13.2 Å². The Hall–Kier alpha value is -2.03. The van der Waals surface area contributed by atoms with Crippen LogP contribution in [0.15, 0.2) is 41.3 Å². The molecule has 2 saturated carbocycles. The van der Waals surface area contributed by atoms with Crippen LogP contribution in [0.2, 0.25) is 0 Å². The SMILES string of the molecule is Cc1cc(C)c(=O)n([C@@H](CNS(=O)(=O)C2CC2)COC2CCC(c3cccc(F)c3)CC2)c1. The van der Waals surface area contributed by atoms with Gasteiger partial charge in [0.15, 0.2) is 0 Å². The number of aryl methyl sites for hydroxylation is 2. The van der Waals surface area contributed by atoms with Gasteiger partial charge in [0, 0.05) is 18.3 Å². The molecule has 1 N–H and O–H groups in total. The van der Waals surface area contributed by atoms with Crippen molar-refractivity contribution >= 4 is 10.0 Å². The van der Waals surface area contributed by atoms with Gasteiger partial charge < -0.3 is 9.30 Å². The minimum absolute atomic E-state index is 0.0407. The molecule has 2 aliphatic carbocycles. The van der Waals surface area contributed by atoms with Crippen LogP contribution < -0.4 is 10.3 Å². The second-order valence-electron chi connectivity index (χ2n) is 9.52. The van der Waals surface area contributed by atoms with Crippen molar-refractivity contribution in [3.63, 3.8) is 0 Å². The Balaban J connectivity index is 1.41. The highest BCUT2D eigenvalue weighted by atomic mass is 32.2. The van der Waals surface area contributed by atoms with Gasteiger partial charge in [-0.05, 0) is 87.6 Å². The third-order valence-corrected chi connectivity index (χ3v) is 8.67. The summed E-state index contributed by atoms with van der Waals surface area (Å²) in [6, 6.07) is 8.21. The quantitative estimate of drug-likeness (QED) is 0.594. The van der Waals surface area contributed by atoms with Gasteiger partial charge in [-0.2, -0.15) is 0 Å². The topological polar surface area (TPSA) is 77.4 Å². The van der Waals surface area contributed by atoms with Crippen LogP contribution in [-0.2, 0) is 14.8 Å². The molecule has 2 aromatic rings. The number of benzene rings is 1. The minimum atomic E-state index is -3.36. The Labute approximate surface area is 195 Å². The number of ether oxygens (including phenoxy) is 1. The van der Waals surface area contributed by atoms with Gasteiger partial charge in [-0.25, -0.2) is 17.5 Å². The van der Waals surface area contributed by atoms with E-state index >= 15 is 0 Å². The van der Waals surface area contributed by atoms with Crippen molar-refractivity contribution in [2.24, 2.45) is 0 Å².